The molecule has 0 N–H and O–H groups in total. The Morgan fingerprint density at radius 1 is 0.875 bits per heavy atom. The number of nitrogens with zero attached hydrogens (tertiary/aromatic N) is 5. The van der Waals surface area contributed by atoms with E-state index in [0.29, 0.717) is 28.4 Å². The largest absolute Gasteiger partial charge is 0.459 e. The minimum atomic E-state index is 0.321. The molecule has 0 amide bonds. The highest BCUT2D eigenvalue weighted by Crippen LogP contribution is 2.41. The molecular weight excluding hydrogens is 442 g/mol. The average molecular weight is 456 g/mol. The quantitative estimate of drug-likeness (QED) is 0.283. The zero-order valence-electron chi connectivity index (χ0n) is 16.4. The first-order valence-electron chi connectivity index (χ1n) is 9.66. The van der Waals surface area contributed by atoms with Crippen LogP contribution in [0, 0.1) is 0 Å². The van der Waals surface area contributed by atoms with Crippen LogP contribution in [0.4, 0.5) is 0 Å². The van der Waals surface area contributed by atoms with Crippen LogP contribution in [0.1, 0.15) is 0 Å². The molecule has 0 spiro atoms. The first kappa shape index (κ1) is 18.9. The van der Waals surface area contributed by atoms with E-state index in [4.69, 9.17) is 18.8 Å². The van der Waals surface area contributed by atoms with Gasteiger partial charge in [-0.15, -0.1) is 21.5 Å². The normalized spacial score (nSPS) is 11.2. The van der Waals surface area contributed by atoms with Crippen molar-refractivity contribution in [1.29, 1.82) is 0 Å². The number of thiophene rings is 1. The van der Waals surface area contributed by atoms with E-state index in [9.17, 15) is 0 Å². The third-order valence-electron chi connectivity index (χ3n) is 4.70. The van der Waals surface area contributed by atoms with Crippen molar-refractivity contribution >= 4 is 33.3 Å². The van der Waals surface area contributed by atoms with E-state index in [1.165, 1.54) is 11.8 Å². The molecule has 7 nitrogen and oxygen atoms in total. The molecule has 0 bridgehead atoms. The number of fused-ring (bicyclic) bond motifs is 1. The van der Waals surface area contributed by atoms with Crippen LogP contribution in [0.15, 0.2) is 97.6 Å². The molecule has 0 radical (unpaired) electrons. The summed E-state index contributed by atoms with van der Waals surface area (Å²) in [5.74, 6) is 1.39. The van der Waals surface area contributed by atoms with E-state index in [2.05, 4.69) is 32.7 Å². The van der Waals surface area contributed by atoms with Crippen LogP contribution < -0.4 is 0 Å². The van der Waals surface area contributed by atoms with Crippen LogP contribution in [0.5, 0.6) is 0 Å². The van der Waals surface area contributed by atoms with Gasteiger partial charge in [0.2, 0.25) is 0 Å². The summed E-state index contributed by atoms with van der Waals surface area (Å²) in [6, 6.07) is 19.4. The van der Waals surface area contributed by atoms with E-state index in [0.717, 1.165) is 26.4 Å². The highest BCUT2D eigenvalue weighted by molar-refractivity contribution is 7.99. The zero-order valence-corrected chi connectivity index (χ0v) is 18.0. The Morgan fingerprint density at radius 2 is 1.78 bits per heavy atom. The molecule has 32 heavy (non-hydrogen) atoms. The van der Waals surface area contributed by atoms with Crippen molar-refractivity contribution in [3.63, 3.8) is 0 Å². The average Bonchev–Trinajstić information content (AvgIpc) is 3.61. The molecule has 154 valence electrons. The zero-order chi connectivity index (χ0) is 21.3. The fourth-order valence-corrected chi connectivity index (χ4v) is 5.08. The second-order valence-electron chi connectivity index (χ2n) is 6.72. The van der Waals surface area contributed by atoms with Gasteiger partial charge < -0.3 is 8.83 Å². The van der Waals surface area contributed by atoms with Gasteiger partial charge in [0.25, 0.3) is 11.1 Å². The van der Waals surface area contributed by atoms with Crippen LogP contribution in [0.2, 0.25) is 0 Å². The van der Waals surface area contributed by atoms with Crippen molar-refractivity contribution in [2.45, 2.75) is 10.2 Å². The summed E-state index contributed by atoms with van der Waals surface area (Å²) in [7, 11) is 0. The first-order chi connectivity index (χ1) is 15.8. The predicted octanol–water partition coefficient (Wildman–Crippen LogP) is 6.21. The van der Waals surface area contributed by atoms with Gasteiger partial charge in [-0.2, -0.15) is 0 Å². The van der Waals surface area contributed by atoms with Crippen LogP contribution in [-0.4, -0.2) is 25.1 Å². The van der Waals surface area contributed by atoms with Crippen LogP contribution in [0.25, 0.3) is 44.5 Å². The maximum absolute atomic E-state index is 5.82. The van der Waals surface area contributed by atoms with E-state index < -0.39 is 0 Å². The molecule has 0 fully saturated rings. The molecule has 0 saturated heterocycles. The highest BCUT2D eigenvalue weighted by atomic mass is 32.2. The summed E-state index contributed by atoms with van der Waals surface area (Å²) in [4.78, 5) is 14.9. The van der Waals surface area contributed by atoms with Gasteiger partial charge in [0.1, 0.15) is 15.6 Å². The summed E-state index contributed by atoms with van der Waals surface area (Å²) < 4.78 is 11.2. The molecule has 5 aromatic heterocycles. The standard InChI is InChI=1S/C23H13N5O2S2/c1-2-7-14(8-3-1)15-13-31-21-18(15)22(26-19(25-21)16-9-4-5-11-24-16)32-23-28-27-20(30-23)17-10-6-12-29-17/h1-13H. The summed E-state index contributed by atoms with van der Waals surface area (Å²) in [6.45, 7) is 0. The van der Waals surface area contributed by atoms with E-state index in [1.807, 2.05) is 36.4 Å². The number of aromatic nitrogens is 5. The van der Waals surface area contributed by atoms with Crippen molar-refractivity contribution < 1.29 is 8.83 Å². The fourth-order valence-electron chi connectivity index (χ4n) is 3.26. The summed E-state index contributed by atoms with van der Waals surface area (Å²) >= 11 is 2.88. The Bertz CT molecular complexity index is 1500. The van der Waals surface area contributed by atoms with Gasteiger partial charge in [-0.25, -0.2) is 9.97 Å². The molecule has 6 aromatic rings. The van der Waals surface area contributed by atoms with E-state index in [-0.39, 0.29) is 0 Å². The monoisotopic (exact) mass is 455 g/mol. The number of hydrogen-bond donors (Lipinski definition) is 0. The predicted molar refractivity (Wildman–Crippen MR) is 122 cm³/mol. The van der Waals surface area contributed by atoms with Crippen molar-refractivity contribution in [2.24, 2.45) is 0 Å². The van der Waals surface area contributed by atoms with Gasteiger partial charge >= 0.3 is 0 Å². The number of pyridine rings is 1. The van der Waals surface area contributed by atoms with E-state index >= 15 is 0 Å². The van der Waals surface area contributed by atoms with Gasteiger partial charge in [0, 0.05) is 17.1 Å². The number of furan rings is 1. The number of rotatable bonds is 5. The Morgan fingerprint density at radius 3 is 2.59 bits per heavy atom. The highest BCUT2D eigenvalue weighted by Gasteiger charge is 2.20. The second kappa shape index (κ2) is 8.03. The van der Waals surface area contributed by atoms with Crippen molar-refractivity contribution in [2.75, 3.05) is 0 Å². The Hall–Kier alpha value is -3.82. The Balaban J connectivity index is 1.50. The van der Waals surface area contributed by atoms with Crippen LogP contribution in [-0.2, 0) is 0 Å². The molecule has 0 aliphatic rings. The number of hydrogen-bond acceptors (Lipinski definition) is 9. The minimum absolute atomic E-state index is 0.321. The smallest absolute Gasteiger partial charge is 0.284 e. The van der Waals surface area contributed by atoms with Crippen molar-refractivity contribution in [3.05, 3.63) is 78.5 Å². The third kappa shape index (κ3) is 3.47. The lowest BCUT2D eigenvalue weighted by molar-refractivity contribution is 0.447. The fraction of sp³-hybridized carbons (Fsp3) is 0. The molecule has 5 heterocycles. The molecule has 6 rings (SSSR count). The molecule has 0 atom stereocenters. The number of benzene rings is 1. The summed E-state index contributed by atoms with van der Waals surface area (Å²) in [5.41, 5.74) is 2.86. The van der Waals surface area contributed by atoms with Gasteiger partial charge in [-0.05, 0) is 41.6 Å². The summed E-state index contributed by atoms with van der Waals surface area (Å²) in [5, 5.41) is 12.4. The van der Waals surface area contributed by atoms with Crippen molar-refractivity contribution in [1.82, 2.24) is 25.1 Å². The lowest BCUT2D eigenvalue weighted by Crippen LogP contribution is -1.94. The van der Waals surface area contributed by atoms with E-state index in [1.54, 1.807) is 35.9 Å². The lowest BCUT2D eigenvalue weighted by Gasteiger charge is -2.06. The van der Waals surface area contributed by atoms with Crippen molar-refractivity contribution in [3.8, 4) is 34.3 Å². The molecule has 1 aromatic carbocycles. The molecule has 0 unspecified atom stereocenters. The lowest BCUT2D eigenvalue weighted by atomic mass is 10.1. The Kier molecular flexibility index (Phi) is 4.74. The third-order valence-corrected chi connectivity index (χ3v) is 6.40. The van der Waals surface area contributed by atoms with Gasteiger partial charge in [-0.3, -0.25) is 4.98 Å². The first-order valence-corrected chi connectivity index (χ1v) is 11.4. The minimum Gasteiger partial charge on any atom is -0.459 e. The van der Waals surface area contributed by atoms with Gasteiger partial charge in [0.05, 0.1) is 11.6 Å². The van der Waals surface area contributed by atoms with Gasteiger partial charge in [-0.1, -0.05) is 36.4 Å². The summed E-state index contributed by atoms with van der Waals surface area (Å²) in [6.07, 6.45) is 3.30. The SMILES string of the molecule is c1ccc(-c2csc3nc(-c4ccccn4)nc(Sc4nnc(-c5ccco5)o4)c23)cc1. The molecular formula is C23H13N5O2S2. The molecule has 9 heteroatoms. The topological polar surface area (TPSA) is 90.7 Å². The second-order valence-corrected chi connectivity index (χ2v) is 8.51. The van der Waals surface area contributed by atoms with Crippen LogP contribution in [0.3, 0.4) is 0 Å². The molecule has 0 aliphatic heterocycles. The maximum atomic E-state index is 5.82. The molecule has 0 saturated carbocycles. The molecule has 0 aliphatic carbocycles. The Labute approximate surface area is 190 Å². The van der Waals surface area contributed by atoms with Gasteiger partial charge in [0.15, 0.2) is 11.6 Å². The maximum Gasteiger partial charge on any atom is 0.284 e. The van der Waals surface area contributed by atoms with Crippen LogP contribution >= 0.6 is 23.1 Å².